The van der Waals surface area contributed by atoms with Crippen molar-refractivity contribution in [2.45, 2.75) is 63.7 Å². The number of hydrogen-bond acceptors (Lipinski definition) is 8. The van der Waals surface area contributed by atoms with Crippen molar-refractivity contribution in [2.24, 2.45) is 28.1 Å². The maximum Gasteiger partial charge on any atom is 0.326 e. The summed E-state index contributed by atoms with van der Waals surface area (Å²) in [5, 5.41) is 28.1. The summed E-state index contributed by atoms with van der Waals surface area (Å²) in [6.45, 7) is 2.85. The first-order chi connectivity index (χ1) is 19.7. The SMILES string of the molecule is CC(C)[C@H](NC(=O)[C@H](Cc1ccccc1)NC(=O)[C@H](CC(=O)O)NC(=O)CNC(=O)[C@@H](N)CCCN=C(N)N)C(=O)O. The molecule has 0 aliphatic heterocycles. The van der Waals surface area contributed by atoms with Gasteiger partial charge in [0.25, 0.3) is 0 Å². The number of carbonyl (C=O) groups is 6. The molecule has 12 N–H and O–H groups in total. The molecule has 4 atom stereocenters. The number of nitrogens with two attached hydrogens (primary N) is 3. The van der Waals surface area contributed by atoms with Gasteiger partial charge in [-0.2, -0.15) is 0 Å². The molecular weight excluding hydrogens is 552 g/mol. The Labute approximate surface area is 242 Å². The number of nitrogens with zero attached hydrogens (tertiary/aromatic N) is 1. The zero-order valence-electron chi connectivity index (χ0n) is 23.5. The van der Waals surface area contributed by atoms with E-state index in [9.17, 15) is 39.0 Å². The molecule has 0 aliphatic carbocycles. The fraction of sp³-hybridized carbons (Fsp3) is 0.500. The number of benzene rings is 1. The first-order valence-corrected chi connectivity index (χ1v) is 13.2. The minimum Gasteiger partial charge on any atom is -0.481 e. The lowest BCUT2D eigenvalue weighted by Gasteiger charge is -2.25. The molecule has 16 nitrogen and oxygen atoms in total. The molecule has 0 radical (unpaired) electrons. The second kappa shape index (κ2) is 17.9. The summed E-state index contributed by atoms with van der Waals surface area (Å²) >= 11 is 0. The normalized spacial score (nSPS) is 13.5. The summed E-state index contributed by atoms with van der Waals surface area (Å²) in [6, 6.07) is 3.40. The third-order valence-corrected chi connectivity index (χ3v) is 5.90. The van der Waals surface area contributed by atoms with Gasteiger partial charge in [-0.15, -0.1) is 0 Å². The van der Waals surface area contributed by atoms with Gasteiger partial charge in [0, 0.05) is 13.0 Å². The predicted molar refractivity (Wildman–Crippen MR) is 152 cm³/mol. The fourth-order valence-electron chi connectivity index (χ4n) is 3.68. The highest BCUT2D eigenvalue weighted by atomic mass is 16.4. The molecular formula is C26H40N8O8. The summed E-state index contributed by atoms with van der Waals surface area (Å²) in [5.74, 6) is -6.61. The number of nitrogens with one attached hydrogen (secondary N) is 4. The van der Waals surface area contributed by atoms with Gasteiger partial charge < -0.3 is 48.7 Å². The fourth-order valence-corrected chi connectivity index (χ4v) is 3.68. The Kier molecular flexibility index (Phi) is 15.0. The molecule has 0 spiro atoms. The first kappa shape index (κ1) is 35.3. The van der Waals surface area contributed by atoms with Crippen LogP contribution >= 0.6 is 0 Å². The van der Waals surface area contributed by atoms with Crippen molar-refractivity contribution in [3.05, 3.63) is 35.9 Å². The van der Waals surface area contributed by atoms with E-state index in [0.717, 1.165) is 0 Å². The van der Waals surface area contributed by atoms with Gasteiger partial charge in [0.1, 0.15) is 18.1 Å². The van der Waals surface area contributed by atoms with Gasteiger partial charge >= 0.3 is 11.9 Å². The van der Waals surface area contributed by atoms with Crippen molar-refractivity contribution in [3.63, 3.8) is 0 Å². The summed E-state index contributed by atoms with van der Waals surface area (Å²) < 4.78 is 0. The van der Waals surface area contributed by atoms with E-state index < -0.39 is 78.6 Å². The first-order valence-electron chi connectivity index (χ1n) is 13.2. The molecule has 232 valence electrons. The van der Waals surface area contributed by atoms with Gasteiger partial charge in [-0.25, -0.2) is 4.79 Å². The number of carbonyl (C=O) groups excluding carboxylic acids is 4. The van der Waals surface area contributed by atoms with Crippen molar-refractivity contribution in [2.75, 3.05) is 13.1 Å². The average Bonchev–Trinajstić information content (AvgIpc) is 2.91. The van der Waals surface area contributed by atoms with Gasteiger partial charge in [-0.05, 0) is 24.3 Å². The summed E-state index contributed by atoms with van der Waals surface area (Å²) in [7, 11) is 0. The Morgan fingerprint density at radius 3 is 2.05 bits per heavy atom. The highest BCUT2D eigenvalue weighted by molar-refractivity contribution is 5.96. The van der Waals surface area contributed by atoms with Crippen LogP contribution in [0.15, 0.2) is 35.3 Å². The minimum atomic E-state index is -1.62. The van der Waals surface area contributed by atoms with Gasteiger partial charge in [0.2, 0.25) is 23.6 Å². The maximum absolute atomic E-state index is 13.1. The van der Waals surface area contributed by atoms with Crippen LogP contribution in [0.1, 0.15) is 38.7 Å². The van der Waals surface area contributed by atoms with Crippen LogP contribution < -0.4 is 38.5 Å². The van der Waals surface area contributed by atoms with E-state index in [1.165, 1.54) is 0 Å². The zero-order valence-corrected chi connectivity index (χ0v) is 23.5. The molecule has 1 aromatic rings. The molecule has 42 heavy (non-hydrogen) atoms. The quantitative estimate of drug-likeness (QED) is 0.0484. The molecule has 4 amide bonds. The molecule has 0 fully saturated rings. The smallest absolute Gasteiger partial charge is 0.326 e. The topological polar surface area (TPSA) is 281 Å². The molecule has 16 heteroatoms. The van der Waals surface area contributed by atoms with Gasteiger partial charge in [-0.1, -0.05) is 44.2 Å². The molecule has 0 unspecified atom stereocenters. The van der Waals surface area contributed by atoms with Gasteiger partial charge in [0.05, 0.1) is 19.0 Å². The molecule has 0 aromatic heterocycles. The third kappa shape index (κ3) is 13.6. The average molecular weight is 593 g/mol. The summed E-state index contributed by atoms with van der Waals surface area (Å²) in [5.41, 5.74) is 16.9. The summed E-state index contributed by atoms with van der Waals surface area (Å²) in [4.78, 5) is 77.6. The van der Waals surface area contributed by atoms with Crippen LogP contribution in [-0.2, 0) is 35.2 Å². The lowest BCUT2D eigenvalue weighted by Crippen LogP contribution is -2.58. The second-order valence-electron chi connectivity index (χ2n) is 9.81. The zero-order chi connectivity index (χ0) is 31.8. The van der Waals surface area contributed by atoms with E-state index in [2.05, 4.69) is 26.3 Å². The van der Waals surface area contributed by atoms with E-state index in [4.69, 9.17) is 17.2 Å². The predicted octanol–water partition coefficient (Wildman–Crippen LogP) is -2.60. The van der Waals surface area contributed by atoms with Crippen molar-refractivity contribution < 1.29 is 39.0 Å². The molecule has 0 heterocycles. The van der Waals surface area contributed by atoms with Crippen molar-refractivity contribution in [1.82, 2.24) is 21.3 Å². The van der Waals surface area contributed by atoms with Crippen molar-refractivity contribution in [1.29, 1.82) is 0 Å². The lowest BCUT2D eigenvalue weighted by atomic mass is 10.0. The highest BCUT2D eigenvalue weighted by Crippen LogP contribution is 2.08. The van der Waals surface area contributed by atoms with E-state index in [1.54, 1.807) is 44.2 Å². The van der Waals surface area contributed by atoms with Crippen molar-refractivity contribution >= 4 is 41.5 Å². The monoisotopic (exact) mass is 592 g/mol. The number of aliphatic imine (C=N–C) groups is 1. The minimum absolute atomic E-state index is 0.0479. The standard InChI is InChI=1S/C26H40N8O8/c1-14(2)21(25(41)42)34-24(40)17(11-15-7-4-3-5-8-15)33-23(39)18(12-20(36)37)32-19(35)13-31-22(38)16(27)9-6-10-30-26(28)29/h3-5,7-8,14,16-18,21H,6,9-13,27H2,1-2H3,(H,31,38)(H,32,35)(H,33,39)(H,34,40)(H,36,37)(H,41,42)(H4,28,29,30)/t16-,17-,18-,21-/m0/s1. The third-order valence-electron chi connectivity index (χ3n) is 5.90. The van der Waals surface area contributed by atoms with Crippen LogP contribution in [0.4, 0.5) is 0 Å². The molecule has 0 bridgehead atoms. The largest absolute Gasteiger partial charge is 0.481 e. The van der Waals surface area contributed by atoms with E-state index in [-0.39, 0.29) is 25.3 Å². The number of rotatable bonds is 18. The summed E-state index contributed by atoms with van der Waals surface area (Å²) in [6.07, 6.45) is -0.257. The van der Waals surface area contributed by atoms with E-state index in [0.29, 0.717) is 12.0 Å². The Morgan fingerprint density at radius 1 is 0.881 bits per heavy atom. The molecule has 1 rings (SSSR count). The number of carboxylic acid groups (broad SMARTS) is 2. The van der Waals surface area contributed by atoms with Crippen LogP contribution in [0.3, 0.4) is 0 Å². The van der Waals surface area contributed by atoms with Crippen LogP contribution in [0.25, 0.3) is 0 Å². The Bertz CT molecular complexity index is 1120. The Morgan fingerprint density at radius 2 is 1.50 bits per heavy atom. The number of hydrogen-bond donors (Lipinski definition) is 9. The molecule has 1 aromatic carbocycles. The Hall–Kier alpha value is -4.73. The number of guanidine groups is 1. The van der Waals surface area contributed by atoms with E-state index >= 15 is 0 Å². The van der Waals surface area contributed by atoms with Crippen LogP contribution in [0, 0.1) is 5.92 Å². The van der Waals surface area contributed by atoms with Crippen LogP contribution in [-0.4, -0.2) is 89.0 Å². The van der Waals surface area contributed by atoms with Crippen molar-refractivity contribution in [3.8, 4) is 0 Å². The van der Waals surface area contributed by atoms with Gasteiger partial charge in [-0.3, -0.25) is 29.0 Å². The molecule has 0 aliphatic rings. The number of aliphatic carboxylic acids is 2. The van der Waals surface area contributed by atoms with Gasteiger partial charge in [0.15, 0.2) is 5.96 Å². The Balaban J connectivity index is 2.93. The maximum atomic E-state index is 13.1. The van der Waals surface area contributed by atoms with Crippen LogP contribution in [0.2, 0.25) is 0 Å². The van der Waals surface area contributed by atoms with E-state index in [1.807, 2.05) is 0 Å². The molecule has 0 saturated heterocycles. The number of carboxylic acids is 2. The van der Waals surface area contributed by atoms with Crippen LogP contribution in [0.5, 0.6) is 0 Å². The number of amides is 4. The highest BCUT2D eigenvalue weighted by Gasteiger charge is 2.32. The second-order valence-corrected chi connectivity index (χ2v) is 9.81. The molecule has 0 saturated carbocycles. The lowest BCUT2D eigenvalue weighted by molar-refractivity contribution is -0.144.